The van der Waals surface area contributed by atoms with Crippen LogP contribution >= 0.6 is 0 Å². The van der Waals surface area contributed by atoms with Gasteiger partial charge in [-0.15, -0.1) is 0 Å². The van der Waals surface area contributed by atoms with E-state index in [1.165, 1.54) is 65.1 Å². The highest BCUT2D eigenvalue weighted by atomic mass is 15.2. The molecule has 2 rings (SSSR count). The molecule has 0 saturated carbocycles. The molecule has 0 bridgehead atoms. The lowest BCUT2D eigenvalue weighted by atomic mass is 9.79. The fourth-order valence-corrected chi connectivity index (χ4v) is 4.03. The van der Waals surface area contributed by atoms with E-state index in [1.54, 1.807) is 0 Å². The SMILES string of the molecule is C.C.CC.CCCC.CCN(C)CC1(C)CN(C)C1.CN(C)CCC1(C)CN(C)C1. The highest BCUT2D eigenvalue weighted by Gasteiger charge is 2.37. The van der Waals surface area contributed by atoms with E-state index in [2.05, 4.69) is 89.5 Å². The molecule has 0 aromatic heterocycles. The molecule has 0 aromatic carbocycles. The third-order valence-corrected chi connectivity index (χ3v) is 5.46. The summed E-state index contributed by atoms with van der Waals surface area (Å²) in [6.07, 6.45) is 3.98. The van der Waals surface area contributed by atoms with Crippen molar-refractivity contribution in [1.29, 1.82) is 0 Å². The van der Waals surface area contributed by atoms with Gasteiger partial charge in [0, 0.05) is 38.1 Å². The van der Waals surface area contributed by atoms with Crippen molar-refractivity contribution in [3.8, 4) is 0 Å². The second-order valence-electron chi connectivity index (χ2n) is 9.85. The van der Waals surface area contributed by atoms with Crippen LogP contribution < -0.4 is 0 Å². The zero-order chi connectivity index (χ0) is 22.4. The summed E-state index contributed by atoms with van der Waals surface area (Å²) >= 11 is 0. The first-order valence-corrected chi connectivity index (χ1v) is 11.7. The Labute approximate surface area is 194 Å². The Morgan fingerprint density at radius 2 is 1.10 bits per heavy atom. The minimum absolute atomic E-state index is 0. The second-order valence-corrected chi connectivity index (χ2v) is 9.85. The number of nitrogens with zero attached hydrogens (tertiary/aromatic N) is 4. The summed E-state index contributed by atoms with van der Waals surface area (Å²) in [6, 6.07) is 0. The molecule has 0 aromatic rings. The second kappa shape index (κ2) is 19.5. The van der Waals surface area contributed by atoms with E-state index in [0.717, 1.165) is 0 Å². The maximum atomic E-state index is 2.40. The molecule has 2 aliphatic rings. The van der Waals surface area contributed by atoms with E-state index >= 15 is 0 Å². The lowest BCUT2D eigenvalue weighted by Gasteiger charge is -2.48. The maximum Gasteiger partial charge on any atom is 0.00571 e. The van der Waals surface area contributed by atoms with Gasteiger partial charge in [0.2, 0.25) is 0 Å². The fraction of sp³-hybridized carbons (Fsp3) is 1.00. The predicted molar refractivity (Wildman–Crippen MR) is 143 cm³/mol. The van der Waals surface area contributed by atoms with Crippen molar-refractivity contribution in [3.63, 3.8) is 0 Å². The van der Waals surface area contributed by atoms with E-state index < -0.39 is 0 Å². The van der Waals surface area contributed by atoms with Gasteiger partial charge in [0.05, 0.1) is 0 Å². The highest BCUT2D eigenvalue weighted by Crippen LogP contribution is 2.31. The van der Waals surface area contributed by atoms with Crippen LogP contribution in [0.1, 0.15) is 82.6 Å². The van der Waals surface area contributed by atoms with E-state index in [1.807, 2.05) is 13.8 Å². The summed E-state index contributed by atoms with van der Waals surface area (Å²) < 4.78 is 0. The van der Waals surface area contributed by atoms with Gasteiger partial charge >= 0.3 is 0 Å². The Hall–Kier alpha value is -0.160. The number of unbranched alkanes of at least 4 members (excludes halogenated alkanes) is 1. The lowest BCUT2D eigenvalue weighted by molar-refractivity contribution is 0.0133. The quantitative estimate of drug-likeness (QED) is 0.497. The molecule has 0 N–H and O–H groups in total. The van der Waals surface area contributed by atoms with Crippen molar-refractivity contribution in [2.45, 2.75) is 82.6 Å². The third kappa shape index (κ3) is 17.5. The smallest absolute Gasteiger partial charge is 0.00571 e. The Morgan fingerprint density at radius 3 is 1.37 bits per heavy atom. The number of hydrogen-bond donors (Lipinski definition) is 0. The van der Waals surface area contributed by atoms with Gasteiger partial charge in [-0.3, -0.25) is 0 Å². The standard InChI is InChI=1S/2C9H20N2.C4H10.C2H6.2CH4/c1-9(5-6-10(2)3)7-11(4)8-9;1-5-10(3)6-9(2)7-11(4)8-9;1-3-4-2;1-2;;/h2*5-8H2,1-4H3;3-4H2,1-2H3;1-2H3;2*1H4. The van der Waals surface area contributed by atoms with Crippen molar-refractivity contribution in [2.75, 3.05) is 81.1 Å². The third-order valence-electron chi connectivity index (χ3n) is 5.46. The molecule has 4 heteroatoms. The minimum Gasteiger partial charge on any atom is -0.309 e. The topological polar surface area (TPSA) is 13.0 Å². The average Bonchev–Trinajstić information content (AvgIpc) is 2.60. The van der Waals surface area contributed by atoms with Crippen molar-refractivity contribution in [1.82, 2.24) is 19.6 Å². The number of likely N-dealkylation sites (tertiary alicyclic amines) is 2. The van der Waals surface area contributed by atoms with Crippen LogP contribution in [-0.2, 0) is 0 Å². The van der Waals surface area contributed by atoms with Gasteiger partial charge in [-0.05, 0) is 60.2 Å². The van der Waals surface area contributed by atoms with Crippen LogP contribution in [0, 0.1) is 10.8 Å². The molecule has 2 heterocycles. The van der Waals surface area contributed by atoms with Gasteiger partial charge in [0.15, 0.2) is 0 Å². The Balaban J connectivity index is -0.000000170. The van der Waals surface area contributed by atoms with Gasteiger partial charge in [-0.1, -0.05) is 76.2 Å². The first-order valence-electron chi connectivity index (χ1n) is 11.7. The molecule has 4 nitrogen and oxygen atoms in total. The summed E-state index contributed by atoms with van der Waals surface area (Å²) in [7, 11) is 10.9. The van der Waals surface area contributed by atoms with Crippen LogP contribution in [0.5, 0.6) is 0 Å². The maximum absolute atomic E-state index is 2.40. The molecule has 0 radical (unpaired) electrons. The molecular weight excluding hydrogens is 368 g/mol. The molecule has 0 unspecified atom stereocenters. The minimum atomic E-state index is 0. The Kier molecular flexibility index (Phi) is 24.2. The molecular formula is C26H64N4. The van der Waals surface area contributed by atoms with Gasteiger partial charge in [0.25, 0.3) is 0 Å². The summed E-state index contributed by atoms with van der Waals surface area (Å²) in [4.78, 5) is 9.43. The summed E-state index contributed by atoms with van der Waals surface area (Å²) in [5.41, 5.74) is 1.18. The molecule has 188 valence electrons. The molecule has 2 aliphatic heterocycles. The zero-order valence-electron chi connectivity index (χ0n) is 21.9. The largest absolute Gasteiger partial charge is 0.309 e. The predicted octanol–water partition coefficient (Wildman–Crippen LogP) is 5.88. The van der Waals surface area contributed by atoms with Gasteiger partial charge in [0.1, 0.15) is 0 Å². The van der Waals surface area contributed by atoms with Crippen molar-refractivity contribution < 1.29 is 0 Å². The summed E-state index contributed by atoms with van der Waals surface area (Å²) in [5.74, 6) is 0. The van der Waals surface area contributed by atoms with Crippen LogP contribution in [0.2, 0.25) is 0 Å². The van der Waals surface area contributed by atoms with Crippen molar-refractivity contribution >= 4 is 0 Å². The van der Waals surface area contributed by atoms with E-state index in [0.29, 0.717) is 10.8 Å². The van der Waals surface area contributed by atoms with Gasteiger partial charge in [-0.25, -0.2) is 0 Å². The lowest BCUT2D eigenvalue weighted by Crippen LogP contribution is -2.57. The van der Waals surface area contributed by atoms with Crippen LogP contribution in [0.3, 0.4) is 0 Å². The van der Waals surface area contributed by atoms with E-state index in [-0.39, 0.29) is 14.9 Å². The van der Waals surface area contributed by atoms with E-state index in [4.69, 9.17) is 0 Å². The molecule has 0 amide bonds. The Morgan fingerprint density at radius 1 is 0.733 bits per heavy atom. The summed E-state index contributed by atoms with van der Waals surface area (Å²) in [5, 5.41) is 0. The average molecular weight is 433 g/mol. The summed E-state index contributed by atoms with van der Waals surface area (Å²) in [6.45, 7) is 24.1. The van der Waals surface area contributed by atoms with Crippen LogP contribution in [0.25, 0.3) is 0 Å². The van der Waals surface area contributed by atoms with Crippen molar-refractivity contribution in [2.24, 2.45) is 10.8 Å². The zero-order valence-corrected chi connectivity index (χ0v) is 21.9. The molecule has 2 saturated heterocycles. The highest BCUT2D eigenvalue weighted by molar-refractivity contribution is 4.91. The monoisotopic (exact) mass is 433 g/mol. The van der Waals surface area contributed by atoms with Crippen LogP contribution in [-0.4, -0.2) is 101 Å². The van der Waals surface area contributed by atoms with Gasteiger partial charge < -0.3 is 19.6 Å². The molecule has 30 heavy (non-hydrogen) atoms. The first kappa shape index (κ1) is 37.2. The fourth-order valence-electron chi connectivity index (χ4n) is 4.03. The van der Waals surface area contributed by atoms with E-state index in [9.17, 15) is 0 Å². The van der Waals surface area contributed by atoms with Crippen LogP contribution in [0.4, 0.5) is 0 Å². The van der Waals surface area contributed by atoms with Crippen LogP contribution in [0.15, 0.2) is 0 Å². The van der Waals surface area contributed by atoms with Crippen molar-refractivity contribution in [3.05, 3.63) is 0 Å². The normalized spacial score (nSPS) is 18.6. The first-order chi connectivity index (χ1) is 13.0. The molecule has 2 fully saturated rings. The molecule has 0 spiro atoms. The number of hydrogen-bond acceptors (Lipinski definition) is 4. The number of rotatable bonds is 7. The Bertz CT molecular complexity index is 343. The van der Waals surface area contributed by atoms with Gasteiger partial charge in [-0.2, -0.15) is 0 Å². The molecule has 0 aliphatic carbocycles. The molecule has 0 atom stereocenters.